The molecule has 6 rings (SSSR count). The van der Waals surface area contributed by atoms with Crippen LogP contribution in [0, 0.1) is 11.3 Å². The molecule has 4 heterocycles. The minimum Gasteiger partial charge on any atom is -0.377 e. The number of anilines is 3. The summed E-state index contributed by atoms with van der Waals surface area (Å²) in [6.45, 7) is 1.23. The van der Waals surface area contributed by atoms with Gasteiger partial charge in [-0.3, -0.25) is 9.78 Å². The van der Waals surface area contributed by atoms with E-state index >= 15 is 0 Å². The van der Waals surface area contributed by atoms with E-state index in [0.717, 1.165) is 11.3 Å². The second-order valence-electron chi connectivity index (χ2n) is 9.31. The van der Waals surface area contributed by atoms with Crippen molar-refractivity contribution in [3.05, 3.63) is 105 Å². The molecule has 0 saturated carbocycles. The van der Waals surface area contributed by atoms with Crippen molar-refractivity contribution in [1.29, 1.82) is 5.26 Å². The minimum atomic E-state index is -0.318. The average molecular weight is 539 g/mol. The molecule has 1 fully saturated rings. The number of aryl methyl sites for hydroxylation is 1. The van der Waals surface area contributed by atoms with Gasteiger partial charge in [0.25, 0.3) is 0 Å². The highest BCUT2D eigenvalue weighted by atomic mass is 35.5. The summed E-state index contributed by atoms with van der Waals surface area (Å²) in [4.78, 5) is 16.3. The van der Waals surface area contributed by atoms with Gasteiger partial charge in [0.1, 0.15) is 17.8 Å². The molecule has 0 aliphatic carbocycles. The predicted octanol–water partition coefficient (Wildman–Crippen LogP) is 4.57. The SMILES string of the molecule is Cn1cc(Nc2c(C#N)cnc3c(Cl)cc(NC(c4ccccc4)c4cn(C5COC5)nn4)cc23)ccc1=O. The lowest BCUT2D eigenvalue weighted by Gasteiger charge is -2.25. The molecule has 0 bridgehead atoms. The molecule has 1 aliphatic rings. The Morgan fingerprint density at radius 1 is 1.13 bits per heavy atom. The van der Waals surface area contributed by atoms with Crippen LogP contribution in [0.4, 0.5) is 17.1 Å². The van der Waals surface area contributed by atoms with Gasteiger partial charge in [-0.1, -0.05) is 47.1 Å². The Kier molecular flexibility index (Phi) is 6.44. The van der Waals surface area contributed by atoms with Gasteiger partial charge in [-0.25, -0.2) is 4.68 Å². The molecule has 3 aromatic heterocycles. The first-order chi connectivity index (χ1) is 19.0. The number of nitrogens with one attached hydrogen (secondary N) is 2. The lowest BCUT2D eigenvalue weighted by Crippen LogP contribution is -2.31. The van der Waals surface area contributed by atoms with Crippen molar-refractivity contribution < 1.29 is 4.74 Å². The van der Waals surface area contributed by atoms with Crippen molar-refractivity contribution in [2.75, 3.05) is 23.8 Å². The fourth-order valence-corrected chi connectivity index (χ4v) is 4.76. The summed E-state index contributed by atoms with van der Waals surface area (Å²) in [7, 11) is 1.67. The monoisotopic (exact) mass is 538 g/mol. The molecule has 194 valence electrons. The maximum atomic E-state index is 11.9. The van der Waals surface area contributed by atoms with Crippen LogP contribution >= 0.6 is 11.6 Å². The number of fused-ring (bicyclic) bond motifs is 1. The van der Waals surface area contributed by atoms with Gasteiger partial charge in [-0.15, -0.1) is 5.10 Å². The Morgan fingerprint density at radius 2 is 1.95 bits per heavy atom. The number of aromatic nitrogens is 5. The highest BCUT2D eigenvalue weighted by Crippen LogP contribution is 2.36. The van der Waals surface area contributed by atoms with Crippen molar-refractivity contribution in [2.45, 2.75) is 12.1 Å². The predicted molar refractivity (Wildman–Crippen MR) is 148 cm³/mol. The van der Waals surface area contributed by atoms with Gasteiger partial charge in [-0.2, -0.15) is 5.26 Å². The molecule has 0 spiro atoms. The standard InChI is InChI=1S/C28H23ClN8O2/c1-36-13-19(7-8-25(36)38)32-26-18(11-30)12-31-28-22(26)9-20(10-23(28)29)33-27(17-5-3-2-4-6-17)24-14-37(35-34-24)21-15-39-16-21/h2-10,12-14,21,27,33H,15-16H2,1H3,(H,31,32). The van der Waals surface area contributed by atoms with Gasteiger partial charge in [0.15, 0.2) is 0 Å². The lowest BCUT2D eigenvalue weighted by molar-refractivity contribution is -0.0293. The second-order valence-corrected chi connectivity index (χ2v) is 9.71. The molecule has 2 aromatic carbocycles. The van der Waals surface area contributed by atoms with Gasteiger partial charge in [-0.05, 0) is 23.8 Å². The van der Waals surface area contributed by atoms with Crippen LogP contribution in [-0.2, 0) is 11.8 Å². The zero-order chi connectivity index (χ0) is 26.9. The molecule has 1 saturated heterocycles. The molecule has 1 aliphatic heterocycles. The number of halogens is 1. The molecule has 5 aromatic rings. The number of ether oxygens (including phenoxy) is 1. The van der Waals surface area contributed by atoms with E-state index in [1.165, 1.54) is 16.8 Å². The van der Waals surface area contributed by atoms with E-state index in [2.05, 4.69) is 32.0 Å². The summed E-state index contributed by atoms with van der Waals surface area (Å²) in [6, 6.07) is 18.9. The summed E-state index contributed by atoms with van der Waals surface area (Å²) >= 11 is 6.72. The van der Waals surface area contributed by atoms with Gasteiger partial charge in [0.05, 0.1) is 52.9 Å². The number of nitrogens with zero attached hydrogens (tertiary/aromatic N) is 6. The first-order valence-corrected chi connectivity index (χ1v) is 12.6. The number of pyridine rings is 2. The molecule has 10 nitrogen and oxygen atoms in total. The molecule has 0 amide bonds. The second kappa shape index (κ2) is 10.2. The Morgan fingerprint density at radius 3 is 2.67 bits per heavy atom. The number of hydrogen-bond donors (Lipinski definition) is 2. The van der Waals surface area contributed by atoms with Gasteiger partial charge >= 0.3 is 0 Å². The smallest absolute Gasteiger partial charge is 0.250 e. The third-order valence-corrected chi connectivity index (χ3v) is 6.95. The summed E-state index contributed by atoms with van der Waals surface area (Å²) in [6.07, 6.45) is 5.09. The number of hydrogen-bond acceptors (Lipinski definition) is 8. The summed E-state index contributed by atoms with van der Waals surface area (Å²) in [5, 5.41) is 26.6. The van der Waals surface area contributed by atoms with E-state index in [4.69, 9.17) is 16.3 Å². The molecular formula is C28H23ClN8O2. The number of nitriles is 1. The van der Waals surface area contributed by atoms with E-state index in [1.807, 2.05) is 47.3 Å². The minimum absolute atomic E-state index is 0.135. The van der Waals surface area contributed by atoms with E-state index in [1.54, 1.807) is 25.4 Å². The van der Waals surface area contributed by atoms with Gasteiger partial charge < -0.3 is 19.9 Å². The third kappa shape index (κ3) is 4.81. The van der Waals surface area contributed by atoms with Crippen LogP contribution in [0.3, 0.4) is 0 Å². The topological polar surface area (TPSA) is 123 Å². The fourth-order valence-electron chi connectivity index (χ4n) is 4.49. The zero-order valence-corrected chi connectivity index (χ0v) is 21.6. The first-order valence-electron chi connectivity index (χ1n) is 12.3. The quantitative estimate of drug-likeness (QED) is 0.309. The number of rotatable bonds is 7. The zero-order valence-electron chi connectivity index (χ0n) is 20.9. The van der Waals surface area contributed by atoms with Crippen LogP contribution in [0.5, 0.6) is 0 Å². The largest absolute Gasteiger partial charge is 0.377 e. The average Bonchev–Trinajstić information content (AvgIpc) is 3.38. The van der Waals surface area contributed by atoms with Crippen molar-refractivity contribution in [2.24, 2.45) is 7.05 Å². The summed E-state index contributed by atoms with van der Waals surface area (Å²) < 4.78 is 8.61. The van der Waals surface area contributed by atoms with Crippen molar-refractivity contribution in [1.82, 2.24) is 24.5 Å². The van der Waals surface area contributed by atoms with Crippen LogP contribution in [0.2, 0.25) is 5.02 Å². The molecule has 1 unspecified atom stereocenters. The molecule has 2 N–H and O–H groups in total. The van der Waals surface area contributed by atoms with Crippen LogP contribution in [0.15, 0.2) is 78.0 Å². The normalized spacial score (nSPS) is 14.0. The highest BCUT2D eigenvalue weighted by molar-refractivity contribution is 6.36. The van der Waals surface area contributed by atoms with Gasteiger partial charge in [0, 0.05) is 36.6 Å². The Labute approximate surface area is 228 Å². The molecule has 39 heavy (non-hydrogen) atoms. The molecule has 11 heteroatoms. The van der Waals surface area contributed by atoms with E-state index in [-0.39, 0.29) is 17.6 Å². The fraction of sp³-hybridized carbons (Fsp3) is 0.179. The van der Waals surface area contributed by atoms with Crippen LogP contribution in [-0.4, -0.2) is 37.8 Å². The Balaban J connectivity index is 1.43. The number of benzene rings is 2. The van der Waals surface area contributed by atoms with Crippen molar-refractivity contribution >= 4 is 39.6 Å². The van der Waals surface area contributed by atoms with Crippen LogP contribution in [0.25, 0.3) is 10.9 Å². The maximum Gasteiger partial charge on any atom is 0.250 e. The summed E-state index contributed by atoms with van der Waals surface area (Å²) in [5.41, 5.74) is 4.39. The van der Waals surface area contributed by atoms with Crippen LogP contribution < -0.4 is 16.2 Å². The van der Waals surface area contributed by atoms with Crippen molar-refractivity contribution in [3.8, 4) is 6.07 Å². The summed E-state index contributed by atoms with van der Waals surface area (Å²) in [5.74, 6) is 0. The van der Waals surface area contributed by atoms with E-state index in [0.29, 0.717) is 51.8 Å². The van der Waals surface area contributed by atoms with Crippen LogP contribution in [0.1, 0.15) is 28.9 Å². The maximum absolute atomic E-state index is 11.9. The van der Waals surface area contributed by atoms with E-state index < -0.39 is 0 Å². The van der Waals surface area contributed by atoms with Crippen molar-refractivity contribution in [3.63, 3.8) is 0 Å². The van der Waals surface area contributed by atoms with Gasteiger partial charge in [0.2, 0.25) is 5.56 Å². The molecular weight excluding hydrogens is 516 g/mol. The highest BCUT2D eigenvalue weighted by Gasteiger charge is 2.25. The Bertz CT molecular complexity index is 1770. The molecule has 0 radical (unpaired) electrons. The Hall–Kier alpha value is -4.72. The molecule has 1 atom stereocenters. The lowest BCUT2D eigenvalue weighted by atomic mass is 10.0. The third-order valence-electron chi connectivity index (χ3n) is 6.66. The van der Waals surface area contributed by atoms with E-state index in [9.17, 15) is 10.1 Å². The first kappa shape index (κ1) is 24.6.